The average molecular weight is 311 g/mol. The fraction of sp³-hybridized carbons (Fsp3) is 0.333. The molecule has 1 saturated carbocycles. The van der Waals surface area contributed by atoms with Crippen molar-refractivity contribution in [2.24, 2.45) is 0 Å². The minimum atomic E-state index is -0.0974. The number of methoxy groups -OCH3 is 1. The lowest BCUT2D eigenvalue weighted by Gasteiger charge is -2.08. The van der Waals surface area contributed by atoms with Gasteiger partial charge in [-0.3, -0.25) is 9.78 Å². The maximum atomic E-state index is 12.2. The van der Waals surface area contributed by atoms with E-state index in [0.29, 0.717) is 18.2 Å². The SMILES string of the molecule is COc1cccc(CCNC(=O)c2cncc(NC3CC3)c2)c1. The van der Waals surface area contributed by atoms with E-state index >= 15 is 0 Å². The molecular weight excluding hydrogens is 290 g/mol. The van der Waals surface area contributed by atoms with E-state index in [4.69, 9.17) is 4.74 Å². The molecule has 5 heteroatoms. The molecule has 1 aliphatic carbocycles. The van der Waals surface area contributed by atoms with Crippen LogP contribution in [0.15, 0.2) is 42.7 Å². The zero-order valence-corrected chi connectivity index (χ0v) is 13.2. The molecule has 0 saturated heterocycles. The molecule has 2 N–H and O–H groups in total. The van der Waals surface area contributed by atoms with Crippen LogP contribution in [0.4, 0.5) is 5.69 Å². The third kappa shape index (κ3) is 4.45. The predicted octanol–water partition coefficient (Wildman–Crippen LogP) is 2.64. The first kappa shape index (κ1) is 15.3. The number of ether oxygens (including phenoxy) is 1. The fourth-order valence-electron chi connectivity index (χ4n) is 2.36. The van der Waals surface area contributed by atoms with Crippen LogP contribution < -0.4 is 15.4 Å². The maximum Gasteiger partial charge on any atom is 0.252 e. The molecule has 1 fully saturated rings. The Hall–Kier alpha value is -2.56. The van der Waals surface area contributed by atoms with Gasteiger partial charge in [0.25, 0.3) is 5.91 Å². The lowest BCUT2D eigenvalue weighted by Crippen LogP contribution is -2.26. The summed E-state index contributed by atoms with van der Waals surface area (Å²) in [5, 5.41) is 6.28. The number of nitrogens with zero attached hydrogens (tertiary/aromatic N) is 1. The highest BCUT2D eigenvalue weighted by Crippen LogP contribution is 2.24. The van der Waals surface area contributed by atoms with Crippen LogP contribution in [0.3, 0.4) is 0 Å². The predicted molar refractivity (Wildman–Crippen MR) is 89.9 cm³/mol. The second-order valence-corrected chi connectivity index (χ2v) is 5.74. The highest BCUT2D eigenvalue weighted by Gasteiger charge is 2.21. The van der Waals surface area contributed by atoms with E-state index in [0.717, 1.165) is 23.4 Å². The normalized spacial score (nSPS) is 13.4. The van der Waals surface area contributed by atoms with E-state index in [2.05, 4.69) is 15.6 Å². The van der Waals surface area contributed by atoms with Crippen molar-refractivity contribution < 1.29 is 9.53 Å². The average Bonchev–Trinajstić information content (AvgIpc) is 3.39. The van der Waals surface area contributed by atoms with Crippen molar-refractivity contribution in [2.45, 2.75) is 25.3 Å². The van der Waals surface area contributed by atoms with Gasteiger partial charge in [0, 0.05) is 25.0 Å². The van der Waals surface area contributed by atoms with Crippen LogP contribution in [0.2, 0.25) is 0 Å². The maximum absolute atomic E-state index is 12.2. The van der Waals surface area contributed by atoms with E-state index in [1.807, 2.05) is 30.3 Å². The molecule has 2 aromatic rings. The molecule has 1 aromatic carbocycles. The highest BCUT2D eigenvalue weighted by molar-refractivity contribution is 5.94. The van der Waals surface area contributed by atoms with Gasteiger partial charge in [-0.05, 0) is 43.0 Å². The lowest BCUT2D eigenvalue weighted by molar-refractivity contribution is 0.0954. The smallest absolute Gasteiger partial charge is 0.252 e. The standard InChI is InChI=1S/C18H21N3O2/c1-23-17-4-2-3-13(9-17)7-8-20-18(22)14-10-16(12-19-11-14)21-15-5-6-15/h2-4,9-12,15,21H,5-8H2,1H3,(H,20,22). The summed E-state index contributed by atoms with van der Waals surface area (Å²) in [6, 6.07) is 10.3. The topological polar surface area (TPSA) is 63.2 Å². The monoisotopic (exact) mass is 311 g/mol. The summed E-state index contributed by atoms with van der Waals surface area (Å²) >= 11 is 0. The van der Waals surface area contributed by atoms with Crippen LogP contribution in [-0.2, 0) is 6.42 Å². The summed E-state index contributed by atoms with van der Waals surface area (Å²) < 4.78 is 5.20. The minimum Gasteiger partial charge on any atom is -0.497 e. The van der Waals surface area contributed by atoms with Gasteiger partial charge in [-0.25, -0.2) is 0 Å². The van der Waals surface area contributed by atoms with Crippen LogP contribution in [-0.4, -0.2) is 30.6 Å². The van der Waals surface area contributed by atoms with Gasteiger partial charge in [-0.1, -0.05) is 12.1 Å². The summed E-state index contributed by atoms with van der Waals surface area (Å²) in [5.41, 5.74) is 2.63. The second-order valence-electron chi connectivity index (χ2n) is 5.74. The van der Waals surface area contributed by atoms with E-state index in [1.54, 1.807) is 19.5 Å². The molecule has 5 nitrogen and oxygen atoms in total. The molecule has 0 unspecified atom stereocenters. The van der Waals surface area contributed by atoms with Crippen molar-refractivity contribution in [3.63, 3.8) is 0 Å². The van der Waals surface area contributed by atoms with Gasteiger partial charge in [0.1, 0.15) is 5.75 Å². The molecule has 1 heterocycles. The molecule has 0 bridgehead atoms. The summed E-state index contributed by atoms with van der Waals surface area (Å²) in [5.74, 6) is 0.733. The van der Waals surface area contributed by atoms with Gasteiger partial charge in [-0.2, -0.15) is 0 Å². The van der Waals surface area contributed by atoms with Crippen LogP contribution in [0.5, 0.6) is 5.75 Å². The van der Waals surface area contributed by atoms with Gasteiger partial charge in [0.2, 0.25) is 0 Å². The van der Waals surface area contributed by atoms with Gasteiger partial charge >= 0.3 is 0 Å². The first-order chi connectivity index (χ1) is 11.2. The van der Waals surface area contributed by atoms with Gasteiger partial charge < -0.3 is 15.4 Å². The minimum absolute atomic E-state index is 0.0974. The van der Waals surface area contributed by atoms with Crippen LogP contribution >= 0.6 is 0 Å². The van der Waals surface area contributed by atoms with Crippen molar-refractivity contribution in [2.75, 3.05) is 19.0 Å². The van der Waals surface area contributed by atoms with Gasteiger partial charge in [0.05, 0.1) is 18.4 Å². The Bertz CT molecular complexity index is 683. The summed E-state index contributed by atoms with van der Waals surface area (Å²) in [6.07, 6.45) is 6.49. The Labute approximate surface area is 136 Å². The van der Waals surface area contributed by atoms with E-state index in [-0.39, 0.29) is 5.91 Å². The molecule has 1 amide bonds. The molecule has 0 radical (unpaired) electrons. The van der Waals surface area contributed by atoms with Crippen molar-refractivity contribution in [3.8, 4) is 5.75 Å². The molecule has 0 aliphatic heterocycles. The molecule has 1 aromatic heterocycles. The quantitative estimate of drug-likeness (QED) is 0.825. The number of carbonyl (C=O) groups excluding carboxylic acids is 1. The van der Waals surface area contributed by atoms with Crippen molar-refractivity contribution in [3.05, 3.63) is 53.9 Å². The van der Waals surface area contributed by atoms with Crippen LogP contribution in [0.1, 0.15) is 28.8 Å². The highest BCUT2D eigenvalue weighted by atomic mass is 16.5. The molecule has 1 aliphatic rings. The number of hydrogen-bond donors (Lipinski definition) is 2. The Morgan fingerprint density at radius 3 is 2.96 bits per heavy atom. The number of pyridine rings is 1. The Kier molecular flexibility index (Phi) is 4.76. The van der Waals surface area contributed by atoms with E-state index in [1.165, 1.54) is 12.8 Å². The van der Waals surface area contributed by atoms with Gasteiger partial charge in [-0.15, -0.1) is 0 Å². The molecule has 3 rings (SSSR count). The van der Waals surface area contributed by atoms with Crippen LogP contribution in [0.25, 0.3) is 0 Å². The molecule has 120 valence electrons. The van der Waals surface area contributed by atoms with Crippen LogP contribution in [0, 0.1) is 0 Å². The number of carbonyl (C=O) groups is 1. The first-order valence-corrected chi connectivity index (χ1v) is 7.87. The van der Waals surface area contributed by atoms with Crippen molar-refractivity contribution in [1.82, 2.24) is 10.3 Å². The zero-order chi connectivity index (χ0) is 16.1. The van der Waals surface area contributed by atoms with Crippen molar-refractivity contribution in [1.29, 1.82) is 0 Å². The number of anilines is 1. The lowest BCUT2D eigenvalue weighted by atomic mass is 10.1. The van der Waals surface area contributed by atoms with Gasteiger partial charge in [0.15, 0.2) is 0 Å². The zero-order valence-electron chi connectivity index (χ0n) is 13.2. The fourth-order valence-corrected chi connectivity index (χ4v) is 2.36. The number of benzene rings is 1. The largest absolute Gasteiger partial charge is 0.497 e. The Morgan fingerprint density at radius 1 is 1.30 bits per heavy atom. The summed E-state index contributed by atoms with van der Waals surface area (Å²) in [6.45, 7) is 0.576. The molecule has 0 spiro atoms. The van der Waals surface area contributed by atoms with Crippen molar-refractivity contribution >= 4 is 11.6 Å². The molecular formula is C18H21N3O2. The molecule has 23 heavy (non-hydrogen) atoms. The Morgan fingerprint density at radius 2 is 2.17 bits per heavy atom. The number of amides is 1. The third-order valence-corrected chi connectivity index (χ3v) is 3.78. The number of nitrogens with one attached hydrogen (secondary N) is 2. The molecule has 0 atom stereocenters. The van der Waals surface area contributed by atoms with E-state index < -0.39 is 0 Å². The number of rotatable bonds is 7. The number of aromatic nitrogens is 1. The Balaban J connectivity index is 1.52. The van der Waals surface area contributed by atoms with E-state index in [9.17, 15) is 4.79 Å². The number of hydrogen-bond acceptors (Lipinski definition) is 4. The summed E-state index contributed by atoms with van der Waals surface area (Å²) in [7, 11) is 1.65. The second kappa shape index (κ2) is 7.13. The summed E-state index contributed by atoms with van der Waals surface area (Å²) in [4.78, 5) is 16.3. The first-order valence-electron chi connectivity index (χ1n) is 7.87. The third-order valence-electron chi connectivity index (χ3n) is 3.78.